The lowest BCUT2D eigenvalue weighted by molar-refractivity contribution is 0.103. The van der Waals surface area contributed by atoms with Crippen LogP contribution in [-0.2, 0) is 6.42 Å². The van der Waals surface area contributed by atoms with E-state index in [1.165, 1.54) is 6.07 Å². The van der Waals surface area contributed by atoms with Gasteiger partial charge in [-0.05, 0) is 42.3 Å². The highest BCUT2D eigenvalue weighted by Crippen LogP contribution is 2.22. The molecule has 2 aromatic carbocycles. The fourth-order valence-electron chi connectivity index (χ4n) is 1.94. The van der Waals surface area contributed by atoms with E-state index >= 15 is 0 Å². The number of carbonyl (C=O) groups is 1. The van der Waals surface area contributed by atoms with Gasteiger partial charge in [-0.15, -0.1) is 0 Å². The van der Waals surface area contributed by atoms with Gasteiger partial charge >= 0.3 is 0 Å². The first-order chi connectivity index (χ1) is 8.63. The van der Waals surface area contributed by atoms with Crippen LogP contribution in [0.4, 0.5) is 5.69 Å². The summed E-state index contributed by atoms with van der Waals surface area (Å²) >= 11 is 0. The summed E-state index contributed by atoms with van der Waals surface area (Å²) in [7, 11) is 0. The van der Waals surface area contributed by atoms with Crippen LogP contribution in [0.15, 0.2) is 42.5 Å². The molecule has 0 atom stereocenters. The van der Waals surface area contributed by atoms with Crippen LogP contribution < -0.4 is 5.73 Å². The van der Waals surface area contributed by atoms with E-state index in [-0.39, 0.29) is 11.5 Å². The van der Waals surface area contributed by atoms with Crippen molar-refractivity contribution in [2.24, 2.45) is 0 Å². The van der Waals surface area contributed by atoms with Crippen molar-refractivity contribution < 1.29 is 9.90 Å². The molecule has 0 aliphatic heterocycles. The molecule has 2 rings (SSSR count). The second-order valence-corrected chi connectivity index (χ2v) is 4.11. The number of carbonyl (C=O) groups excluding carboxylic acids is 1. The highest BCUT2D eigenvalue weighted by atomic mass is 16.3. The van der Waals surface area contributed by atoms with Crippen LogP contribution >= 0.6 is 0 Å². The Morgan fingerprint density at radius 2 is 1.89 bits per heavy atom. The van der Waals surface area contributed by atoms with E-state index in [4.69, 9.17) is 5.73 Å². The molecule has 18 heavy (non-hydrogen) atoms. The fraction of sp³-hybridized carbons (Fsp3) is 0.133. The Morgan fingerprint density at radius 1 is 1.17 bits per heavy atom. The molecule has 0 radical (unpaired) electrons. The van der Waals surface area contributed by atoms with Crippen molar-refractivity contribution in [3.63, 3.8) is 0 Å². The predicted octanol–water partition coefficient (Wildman–Crippen LogP) is 2.77. The quantitative estimate of drug-likeness (QED) is 0.641. The minimum atomic E-state index is -0.107. The number of ketones is 1. The zero-order chi connectivity index (χ0) is 13.1. The molecule has 0 aromatic heterocycles. The Hall–Kier alpha value is -2.29. The highest BCUT2D eigenvalue weighted by molar-refractivity contribution is 6.12. The molecule has 0 saturated carbocycles. The van der Waals surface area contributed by atoms with Crippen molar-refractivity contribution in [2.45, 2.75) is 13.3 Å². The zero-order valence-corrected chi connectivity index (χ0v) is 10.2. The number of para-hydroxylation sites is 1. The summed E-state index contributed by atoms with van der Waals surface area (Å²) in [5.74, 6) is 0.0642. The van der Waals surface area contributed by atoms with Crippen molar-refractivity contribution in [3.05, 3.63) is 59.2 Å². The van der Waals surface area contributed by atoms with Crippen molar-refractivity contribution >= 4 is 11.5 Å². The maximum atomic E-state index is 12.4. The molecule has 92 valence electrons. The van der Waals surface area contributed by atoms with E-state index in [1.807, 2.05) is 6.92 Å². The smallest absolute Gasteiger partial charge is 0.195 e. The minimum absolute atomic E-state index is 0.107. The molecule has 0 amide bonds. The van der Waals surface area contributed by atoms with Gasteiger partial charge in [-0.3, -0.25) is 4.79 Å². The van der Waals surface area contributed by atoms with Crippen LogP contribution in [0.2, 0.25) is 0 Å². The van der Waals surface area contributed by atoms with Crippen LogP contribution in [-0.4, -0.2) is 10.9 Å². The first kappa shape index (κ1) is 12.2. The van der Waals surface area contributed by atoms with Gasteiger partial charge in [-0.1, -0.05) is 19.1 Å². The number of hydrogen-bond donors (Lipinski definition) is 2. The Bertz CT molecular complexity index is 591. The SMILES string of the molecule is CCc1cc(O)ccc1C(=O)c1ccccc1N. The van der Waals surface area contributed by atoms with Gasteiger partial charge in [-0.25, -0.2) is 0 Å². The lowest BCUT2D eigenvalue weighted by Gasteiger charge is -2.09. The number of rotatable bonds is 3. The van der Waals surface area contributed by atoms with E-state index in [9.17, 15) is 9.90 Å². The van der Waals surface area contributed by atoms with Crippen molar-refractivity contribution in [3.8, 4) is 5.75 Å². The minimum Gasteiger partial charge on any atom is -0.508 e. The van der Waals surface area contributed by atoms with Crippen LogP contribution in [0, 0.1) is 0 Å². The number of anilines is 1. The second kappa shape index (κ2) is 4.92. The number of aryl methyl sites for hydroxylation is 1. The number of nitrogen functional groups attached to an aromatic ring is 1. The molecular formula is C15H15NO2. The maximum Gasteiger partial charge on any atom is 0.195 e. The third kappa shape index (κ3) is 2.20. The lowest BCUT2D eigenvalue weighted by atomic mass is 9.96. The van der Waals surface area contributed by atoms with Gasteiger partial charge in [0.2, 0.25) is 0 Å². The normalized spacial score (nSPS) is 10.3. The van der Waals surface area contributed by atoms with Gasteiger partial charge in [0.25, 0.3) is 0 Å². The Labute approximate surface area is 106 Å². The Kier molecular flexibility index (Phi) is 3.33. The number of phenolic OH excluding ortho intramolecular Hbond substituents is 1. The average Bonchev–Trinajstić information content (AvgIpc) is 2.38. The molecule has 0 heterocycles. The Balaban J connectivity index is 2.50. The predicted molar refractivity (Wildman–Crippen MR) is 71.8 cm³/mol. The fourth-order valence-corrected chi connectivity index (χ4v) is 1.94. The van der Waals surface area contributed by atoms with Crippen molar-refractivity contribution in [1.29, 1.82) is 0 Å². The molecule has 3 nitrogen and oxygen atoms in total. The van der Waals surface area contributed by atoms with Crippen molar-refractivity contribution in [1.82, 2.24) is 0 Å². The van der Waals surface area contributed by atoms with Crippen LogP contribution in [0.5, 0.6) is 5.75 Å². The average molecular weight is 241 g/mol. The second-order valence-electron chi connectivity index (χ2n) is 4.11. The number of phenols is 1. The lowest BCUT2D eigenvalue weighted by Crippen LogP contribution is -2.07. The molecule has 0 spiro atoms. The molecule has 0 unspecified atom stereocenters. The molecule has 3 heteroatoms. The van der Waals surface area contributed by atoms with E-state index in [0.29, 0.717) is 23.2 Å². The summed E-state index contributed by atoms with van der Waals surface area (Å²) in [6.45, 7) is 1.94. The maximum absolute atomic E-state index is 12.4. The summed E-state index contributed by atoms with van der Waals surface area (Å²) in [5, 5.41) is 9.44. The number of hydrogen-bond acceptors (Lipinski definition) is 3. The molecule has 0 fully saturated rings. The first-order valence-corrected chi connectivity index (χ1v) is 5.84. The monoisotopic (exact) mass is 241 g/mol. The van der Waals surface area contributed by atoms with Crippen molar-refractivity contribution in [2.75, 3.05) is 5.73 Å². The zero-order valence-electron chi connectivity index (χ0n) is 10.2. The van der Waals surface area contributed by atoms with Gasteiger partial charge in [0.05, 0.1) is 0 Å². The highest BCUT2D eigenvalue weighted by Gasteiger charge is 2.15. The standard InChI is InChI=1S/C15H15NO2/c1-2-10-9-11(17)7-8-12(10)15(18)13-5-3-4-6-14(13)16/h3-9,17H,2,16H2,1H3. The topological polar surface area (TPSA) is 63.3 Å². The molecular weight excluding hydrogens is 226 g/mol. The van der Waals surface area contributed by atoms with Gasteiger partial charge < -0.3 is 10.8 Å². The third-order valence-corrected chi connectivity index (χ3v) is 2.92. The van der Waals surface area contributed by atoms with Crippen LogP contribution in [0.25, 0.3) is 0 Å². The molecule has 2 aromatic rings. The summed E-state index contributed by atoms with van der Waals surface area (Å²) in [5.41, 5.74) is 8.19. The van der Waals surface area contributed by atoms with Crippen LogP contribution in [0.3, 0.4) is 0 Å². The van der Waals surface area contributed by atoms with E-state index in [1.54, 1.807) is 36.4 Å². The summed E-state index contributed by atoms with van der Waals surface area (Å²) < 4.78 is 0. The number of benzene rings is 2. The van der Waals surface area contributed by atoms with Crippen LogP contribution in [0.1, 0.15) is 28.4 Å². The van der Waals surface area contributed by atoms with Gasteiger partial charge in [0.1, 0.15) is 5.75 Å². The van der Waals surface area contributed by atoms with E-state index in [2.05, 4.69) is 0 Å². The van der Waals surface area contributed by atoms with Gasteiger partial charge in [0.15, 0.2) is 5.78 Å². The molecule has 0 aliphatic carbocycles. The summed E-state index contributed by atoms with van der Waals surface area (Å²) in [4.78, 5) is 12.4. The summed E-state index contributed by atoms with van der Waals surface area (Å²) in [6, 6.07) is 11.8. The van der Waals surface area contributed by atoms with Gasteiger partial charge in [0, 0.05) is 16.8 Å². The van der Waals surface area contributed by atoms with E-state index in [0.717, 1.165) is 5.56 Å². The van der Waals surface area contributed by atoms with E-state index < -0.39 is 0 Å². The summed E-state index contributed by atoms with van der Waals surface area (Å²) in [6.07, 6.45) is 0.683. The molecule has 3 N–H and O–H groups in total. The largest absolute Gasteiger partial charge is 0.508 e. The molecule has 0 aliphatic rings. The Morgan fingerprint density at radius 3 is 2.56 bits per heavy atom. The molecule has 0 bridgehead atoms. The molecule has 0 saturated heterocycles. The van der Waals surface area contributed by atoms with Gasteiger partial charge in [-0.2, -0.15) is 0 Å². The number of nitrogens with two attached hydrogens (primary N) is 1. The number of aromatic hydroxyl groups is 1. The third-order valence-electron chi connectivity index (χ3n) is 2.92. The first-order valence-electron chi connectivity index (χ1n) is 5.84.